The molecule has 1 fully saturated rings. The van der Waals surface area contributed by atoms with Crippen LogP contribution in [0.3, 0.4) is 0 Å². The second kappa shape index (κ2) is 5.28. The van der Waals surface area contributed by atoms with E-state index in [-0.39, 0.29) is 29.9 Å². The van der Waals surface area contributed by atoms with E-state index in [1.54, 1.807) is 13.8 Å². The molecule has 0 spiro atoms. The summed E-state index contributed by atoms with van der Waals surface area (Å²) in [4.78, 5) is 16.0. The first-order chi connectivity index (χ1) is 8.93. The Morgan fingerprint density at radius 1 is 1.58 bits per heavy atom. The van der Waals surface area contributed by atoms with Crippen molar-refractivity contribution >= 4 is 15.8 Å². The first-order valence-corrected chi connectivity index (χ1v) is 7.92. The van der Waals surface area contributed by atoms with Crippen molar-refractivity contribution in [3.05, 3.63) is 11.7 Å². The highest BCUT2D eigenvalue weighted by atomic mass is 32.2. The molecule has 2 atom stereocenters. The lowest BCUT2D eigenvalue weighted by molar-refractivity contribution is -0.146. The Morgan fingerprint density at radius 3 is 2.79 bits per heavy atom. The number of rotatable bonds is 4. The summed E-state index contributed by atoms with van der Waals surface area (Å²) in [6.07, 6.45) is 0.410. The summed E-state index contributed by atoms with van der Waals surface area (Å²) < 4.78 is 33.1. The van der Waals surface area contributed by atoms with E-state index < -0.39 is 21.7 Å². The van der Waals surface area contributed by atoms with Crippen LogP contribution in [-0.2, 0) is 19.4 Å². The van der Waals surface area contributed by atoms with Crippen molar-refractivity contribution in [2.75, 3.05) is 18.1 Å². The maximum Gasteiger partial charge on any atom is 0.318 e. The Kier molecular flexibility index (Phi) is 3.88. The largest absolute Gasteiger partial charge is 0.465 e. The fourth-order valence-electron chi connectivity index (χ4n) is 2.25. The van der Waals surface area contributed by atoms with Crippen LogP contribution >= 0.6 is 0 Å². The molecule has 0 aliphatic carbocycles. The van der Waals surface area contributed by atoms with Gasteiger partial charge < -0.3 is 9.26 Å². The van der Waals surface area contributed by atoms with Gasteiger partial charge in [-0.05, 0) is 26.2 Å². The summed E-state index contributed by atoms with van der Waals surface area (Å²) in [7, 11) is -3.09. The van der Waals surface area contributed by atoms with Crippen LogP contribution in [0.25, 0.3) is 0 Å². The lowest BCUT2D eigenvalue weighted by Crippen LogP contribution is -2.25. The molecular formula is C11H16N2O5S. The number of sulfone groups is 1. The average molecular weight is 288 g/mol. The third kappa shape index (κ3) is 3.12. The van der Waals surface area contributed by atoms with E-state index in [1.165, 1.54) is 0 Å². The zero-order chi connectivity index (χ0) is 14.0. The number of aromatic nitrogens is 2. The first kappa shape index (κ1) is 14.0. The molecule has 0 radical (unpaired) electrons. The van der Waals surface area contributed by atoms with Crippen LogP contribution in [0.5, 0.6) is 0 Å². The van der Waals surface area contributed by atoms with E-state index in [2.05, 4.69) is 10.1 Å². The van der Waals surface area contributed by atoms with E-state index >= 15 is 0 Å². The molecule has 0 aromatic carbocycles. The van der Waals surface area contributed by atoms with Crippen LogP contribution in [0, 0.1) is 12.8 Å². The van der Waals surface area contributed by atoms with Crippen molar-refractivity contribution in [3.8, 4) is 0 Å². The Morgan fingerprint density at radius 2 is 2.32 bits per heavy atom. The minimum absolute atomic E-state index is 0.0437. The van der Waals surface area contributed by atoms with Gasteiger partial charge in [0.2, 0.25) is 5.89 Å². The van der Waals surface area contributed by atoms with Gasteiger partial charge in [-0.2, -0.15) is 4.98 Å². The molecular weight excluding hydrogens is 272 g/mol. The monoisotopic (exact) mass is 288 g/mol. The molecule has 1 aromatic rings. The molecule has 1 aliphatic rings. The van der Waals surface area contributed by atoms with Gasteiger partial charge in [0.15, 0.2) is 15.7 Å². The first-order valence-electron chi connectivity index (χ1n) is 6.10. The molecule has 0 N–H and O–H groups in total. The fraction of sp³-hybridized carbons (Fsp3) is 0.727. The second-order valence-electron chi connectivity index (χ2n) is 4.57. The molecule has 0 saturated carbocycles. The zero-order valence-corrected chi connectivity index (χ0v) is 11.6. The summed E-state index contributed by atoms with van der Waals surface area (Å²) >= 11 is 0. The lowest BCUT2D eigenvalue weighted by atomic mass is 9.91. The molecule has 1 aromatic heterocycles. The highest BCUT2D eigenvalue weighted by Crippen LogP contribution is 2.33. The summed E-state index contributed by atoms with van der Waals surface area (Å²) in [5.41, 5.74) is 0. The number of carbonyl (C=O) groups excluding carboxylic acids is 1. The molecule has 0 amide bonds. The van der Waals surface area contributed by atoms with Gasteiger partial charge in [0, 0.05) is 0 Å². The lowest BCUT2D eigenvalue weighted by Gasteiger charge is -2.16. The van der Waals surface area contributed by atoms with Crippen molar-refractivity contribution < 1.29 is 22.5 Å². The standard InChI is InChI=1S/C11H16N2O5S/c1-3-17-11(14)9(10-12-7(2)13-18-10)8-4-5-19(15,16)6-8/h8-9H,3-6H2,1-2H3. The van der Waals surface area contributed by atoms with E-state index in [1.807, 2.05) is 0 Å². The van der Waals surface area contributed by atoms with Crippen molar-refractivity contribution in [1.29, 1.82) is 0 Å². The number of hydrogen-bond acceptors (Lipinski definition) is 7. The molecule has 7 nitrogen and oxygen atoms in total. The van der Waals surface area contributed by atoms with Crippen LogP contribution in [0.2, 0.25) is 0 Å². The third-order valence-electron chi connectivity index (χ3n) is 3.09. The van der Waals surface area contributed by atoms with Crippen molar-refractivity contribution in [1.82, 2.24) is 10.1 Å². The highest BCUT2D eigenvalue weighted by molar-refractivity contribution is 7.91. The smallest absolute Gasteiger partial charge is 0.318 e. The normalized spacial score (nSPS) is 23.2. The zero-order valence-electron chi connectivity index (χ0n) is 10.8. The van der Waals surface area contributed by atoms with Gasteiger partial charge in [-0.3, -0.25) is 4.79 Å². The molecule has 2 rings (SSSR count). The Bertz CT molecular complexity index is 565. The summed E-state index contributed by atoms with van der Waals surface area (Å²) in [6.45, 7) is 3.56. The highest BCUT2D eigenvalue weighted by Gasteiger charge is 2.42. The third-order valence-corrected chi connectivity index (χ3v) is 4.88. The fourth-order valence-corrected chi connectivity index (χ4v) is 4.09. The average Bonchev–Trinajstić information content (AvgIpc) is 2.87. The van der Waals surface area contributed by atoms with Crippen molar-refractivity contribution in [2.24, 2.45) is 5.92 Å². The topological polar surface area (TPSA) is 99.4 Å². The van der Waals surface area contributed by atoms with Crippen LogP contribution < -0.4 is 0 Å². The predicted molar refractivity (Wildman–Crippen MR) is 65.2 cm³/mol. The number of ether oxygens (including phenoxy) is 1. The summed E-state index contributed by atoms with van der Waals surface area (Å²) in [5.74, 6) is -1.07. The molecule has 0 bridgehead atoms. The van der Waals surface area contributed by atoms with Gasteiger partial charge in [-0.25, -0.2) is 8.42 Å². The quantitative estimate of drug-likeness (QED) is 0.742. The van der Waals surface area contributed by atoms with E-state index in [0.717, 1.165) is 0 Å². The van der Waals surface area contributed by atoms with Crippen LogP contribution in [0.1, 0.15) is 31.0 Å². The molecule has 19 heavy (non-hydrogen) atoms. The van der Waals surface area contributed by atoms with E-state index in [0.29, 0.717) is 12.2 Å². The van der Waals surface area contributed by atoms with Crippen molar-refractivity contribution in [3.63, 3.8) is 0 Å². The summed E-state index contributed by atoms with van der Waals surface area (Å²) in [6, 6.07) is 0. The van der Waals surface area contributed by atoms with Gasteiger partial charge in [0.05, 0.1) is 18.1 Å². The number of esters is 1. The molecule has 106 valence electrons. The molecule has 2 heterocycles. The predicted octanol–water partition coefficient (Wildman–Crippen LogP) is 0.459. The second-order valence-corrected chi connectivity index (χ2v) is 6.80. The van der Waals surface area contributed by atoms with Gasteiger partial charge >= 0.3 is 5.97 Å². The molecule has 1 saturated heterocycles. The van der Waals surface area contributed by atoms with Crippen LogP contribution in [-0.4, -0.2) is 42.6 Å². The van der Waals surface area contributed by atoms with Gasteiger partial charge in [0.25, 0.3) is 0 Å². The number of carbonyl (C=O) groups is 1. The van der Waals surface area contributed by atoms with Gasteiger partial charge in [0.1, 0.15) is 5.92 Å². The van der Waals surface area contributed by atoms with E-state index in [4.69, 9.17) is 9.26 Å². The summed E-state index contributed by atoms with van der Waals surface area (Å²) in [5, 5.41) is 3.64. The molecule has 1 aliphatic heterocycles. The maximum absolute atomic E-state index is 12.0. The number of aryl methyl sites for hydroxylation is 1. The van der Waals surface area contributed by atoms with Crippen molar-refractivity contribution in [2.45, 2.75) is 26.2 Å². The minimum atomic E-state index is -3.09. The Labute approximate surface area is 111 Å². The Balaban J connectivity index is 2.27. The minimum Gasteiger partial charge on any atom is -0.465 e. The van der Waals surface area contributed by atoms with Gasteiger partial charge in [-0.15, -0.1) is 0 Å². The molecule has 2 unspecified atom stereocenters. The van der Waals surface area contributed by atoms with Crippen LogP contribution in [0.15, 0.2) is 4.52 Å². The SMILES string of the molecule is CCOC(=O)C(c1nc(C)no1)C1CCS(=O)(=O)C1. The van der Waals surface area contributed by atoms with Gasteiger partial charge in [-0.1, -0.05) is 5.16 Å². The number of hydrogen-bond donors (Lipinski definition) is 0. The molecule has 8 heteroatoms. The Hall–Kier alpha value is -1.44. The maximum atomic E-state index is 12.0. The van der Waals surface area contributed by atoms with Crippen LogP contribution in [0.4, 0.5) is 0 Å². The number of nitrogens with zero attached hydrogens (tertiary/aromatic N) is 2. The van der Waals surface area contributed by atoms with E-state index in [9.17, 15) is 13.2 Å².